The fourth-order valence-corrected chi connectivity index (χ4v) is 2.39. The number of hydrogen-bond donors (Lipinski definition) is 1. The van der Waals surface area contributed by atoms with Gasteiger partial charge in [0.15, 0.2) is 0 Å². The SMILES string of the molecule is Cc1ccccc1/C=C/C(=O)N1CCC(C(=O)O)CC1. The number of carbonyl (C=O) groups excluding carboxylic acids is 1. The number of rotatable bonds is 3. The number of carboxylic acid groups (broad SMARTS) is 1. The molecule has 1 aliphatic rings. The zero-order valence-corrected chi connectivity index (χ0v) is 11.6. The Bertz CT molecular complexity index is 528. The summed E-state index contributed by atoms with van der Waals surface area (Å²) >= 11 is 0. The average Bonchev–Trinajstić information content (AvgIpc) is 2.46. The second kappa shape index (κ2) is 6.37. The van der Waals surface area contributed by atoms with Crippen molar-refractivity contribution in [3.8, 4) is 0 Å². The van der Waals surface area contributed by atoms with E-state index < -0.39 is 5.97 Å². The number of benzene rings is 1. The number of nitrogens with zero attached hydrogens (tertiary/aromatic N) is 1. The quantitative estimate of drug-likeness (QED) is 0.860. The lowest BCUT2D eigenvalue weighted by molar-refractivity contribution is -0.144. The molecule has 106 valence electrons. The minimum absolute atomic E-state index is 0.0444. The molecule has 2 rings (SSSR count). The van der Waals surface area contributed by atoms with Crippen LogP contribution >= 0.6 is 0 Å². The van der Waals surface area contributed by atoms with Gasteiger partial charge >= 0.3 is 5.97 Å². The standard InChI is InChI=1S/C16H19NO3/c1-12-4-2-3-5-13(12)6-7-15(18)17-10-8-14(9-11-17)16(19)20/h2-7,14H,8-11H2,1H3,(H,19,20)/b7-6+. The number of hydrogen-bond acceptors (Lipinski definition) is 2. The monoisotopic (exact) mass is 273 g/mol. The maximum Gasteiger partial charge on any atom is 0.306 e. The van der Waals surface area contributed by atoms with E-state index in [1.54, 1.807) is 11.0 Å². The van der Waals surface area contributed by atoms with Crippen molar-refractivity contribution >= 4 is 18.0 Å². The van der Waals surface area contributed by atoms with Crippen LogP contribution in [0.25, 0.3) is 6.08 Å². The Hall–Kier alpha value is -2.10. The van der Waals surface area contributed by atoms with Crippen LogP contribution in [0.5, 0.6) is 0 Å². The summed E-state index contributed by atoms with van der Waals surface area (Å²) in [4.78, 5) is 24.6. The molecule has 1 aromatic carbocycles. The van der Waals surface area contributed by atoms with Crippen molar-refractivity contribution in [2.24, 2.45) is 5.92 Å². The Morgan fingerprint density at radius 2 is 1.90 bits per heavy atom. The minimum atomic E-state index is -0.757. The van der Waals surface area contributed by atoms with Gasteiger partial charge < -0.3 is 10.0 Å². The van der Waals surface area contributed by atoms with E-state index in [2.05, 4.69) is 0 Å². The third-order valence-electron chi connectivity index (χ3n) is 3.75. The summed E-state index contributed by atoms with van der Waals surface area (Å²) < 4.78 is 0. The molecule has 1 aliphatic heterocycles. The zero-order valence-electron chi connectivity index (χ0n) is 11.6. The number of aliphatic carboxylic acids is 1. The molecule has 1 fully saturated rings. The van der Waals surface area contributed by atoms with E-state index in [0.717, 1.165) is 11.1 Å². The predicted molar refractivity (Wildman–Crippen MR) is 77.2 cm³/mol. The van der Waals surface area contributed by atoms with Crippen molar-refractivity contribution in [3.63, 3.8) is 0 Å². The minimum Gasteiger partial charge on any atom is -0.481 e. The maximum absolute atomic E-state index is 12.1. The van der Waals surface area contributed by atoms with Gasteiger partial charge in [0, 0.05) is 19.2 Å². The summed E-state index contributed by atoms with van der Waals surface area (Å²) in [6.45, 7) is 3.05. The van der Waals surface area contributed by atoms with Gasteiger partial charge in [-0.15, -0.1) is 0 Å². The highest BCUT2D eigenvalue weighted by Gasteiger charge is 2.25. The van der Waals surface area contributed by atoms with E-state index in [-0.39, 0.29) is 11.8 Å². The molecule has 1 aromatic rings. The number of amides is 1. The first-order valence-corrected chi connectivity index (χ1v) is 6.83. The van der Waals surface area contributed by atoms with Gasteiger partial charge in [0.1, 0.15) is 0 Å². The van der Waals surface area contributed by atoms with Crippen LogP contribution in [0.4, 0.5) is 0 Å². The highest BCUT2D eigenvalue weighted by molar-refractivity contribution is 5.92. The Morgan fingerprint density at radius 1 is 1.25 bits per heavy atom. The first-order chi connectivity index (χ1) is 9.58. The summed E-state index contributed by atoms with van der Waals surface area (Å²) in [5.74, 6) is -1.11. The molecule has 0 aromatic heterocycles. The van der Waals surface area contributed by atoms with Crippen molar-refractivity contribution < 1.29 is 14.7 Å². The van der Waals surface area contributed by atoms with E-state index in [9.17, 15) is 9.59 Å². The van der Waals surface area contributed by atoms with Gasteiger partial charge in [-0.1, -0.05) is 24.3 Å². The van der Waals surface area contributed by atoms with Crippen LogP contribution < -0.4 is 0 Å². The van der Waals surface area contributed by atoms with E-state index in [1.165, 1.54) is 0 Å². The Morgan fingerprint density at radius 3 is 2.50 bits per heavy atom. The predicted octanol–water partition coefficient (Wildman–Crippen LogP) is 2.33. The molecule has 20 heavy (non-hydrogen) atoms. The first kappa shape index (κ1) is 14.3. The zero-order chi connectivity index (χ0) is 14.5. The summed E-state index contributed by atoms with van der Waals surface area (Å²) in [7, 11) is 0. The molecule has 0 atom stereocenters. The maximum atomic E-state index is 12.1. The van der Waals surface area contributed by atoms with E-state index in [4.69, 9.17) is 5.11 Å². The molecule has 1 heterocycles. The normalized spacial score (nSPS) is 16.6. The molecule has 4 nitrogen and oxygen atoms in total. The molecule has 0 saturated carbocycles. The fraction of sp³-hybridized carbons (Fsp3) is 0.375. The van der Waals surface area contributed by atoms with Crippen LogP contribution in [-0.2, 0) is 9.59 Å². The number of piperidine rings is 1. The summed E-state index contributed by atoms with van der Waals surface area (Å²) in [5, 5.41) is 8.93. The van der Waals surface area contributed by atoms with Crippen LogP contribution in [-0.4, -0.2) is 35.0 Å². The molecular weight excluding hydrogens is 254 g/mol. The molecule has 0 aliphatic carbocycles. The van der Waals surface area contributed by atoms with E-state index >= 15 is 0 Å². The van der Waals surface area contributed by atoms with Crippen molar-refractivity contribution in [1.29, 1.82) is 0 Å². The summed E-state index contributed by atoms with van der Waals surface area (Å²) in [6, 6.07) is 7.87. The molecule has 1 saturated heterocycles. The Balaban J connectivity index is 1.93. The van der Waals surface area contributed by atoms with Gasteiger partial charge in [-0.05, 0) is 37.0 Å². The van der Waals surface area contributed by atoms with Crippen LogP contribution in [0.2, 0.25) is 0 Å². The van der Waals surface area contributed by atoms with Gasteiger partial charge in [-0.25, -0.2) is 0 Å². The lowest BCUT2D eigenvalue weighted by atomic mass is 9.97. The molecule has 1 amide bonds. The van der Waals surface area contributed by atoms with Crippen LogP contribution in [0.15, 0.2) is 30.3 Å². The second-order valence-electron chi connectivity index (χ2n) is 5.13. The number of likely N-dealkylation sites (tertiary alicyclic amines) is 1. The summed E-state index contributed by atoms with van der Waals surface area (Å²) in [5.41, 5.74) is 2.16. The molecule has 0 unspecified atom stereocenters. The lowest BCUT2D eigenvalue weighted by Gasteiger charge is -2.29. The van der Waals surface area contributed by atoms with Gasteiger partial charge in [-0.2, -0.15) is 0 Å². The number of carbonyl (C=O) groups is 2. The highest BCUT2D eigenvalue weighted by Crippen LogP contribution is 2.18. The third-order valence-corrected chi connectivity index (χ3v) is 3.75. The Labute approximate surface area is 118 Å². The van der Waals surface area contributed by atoms with E-state index in [0.29, 0.717) is 25.9 Å². The number of aryl methyl sites for hydroxylation is 1. The van der Waals surface area contributed by atoms with Crippen LogP contribution in [0, 0.1) is 12.8 Å². The summed E-state index contributed by atoms with van der Waals surface area (Å²) in [6.07, 6.45) is 4.48. The molecule has 0 spiro atoms. The van der Waals surface area contributed by atoms with Crippen LogP contribution in [0.3, 0.4) is 0 Å². The van der Waals surface area contributed by atoms with Crippen molar-refractivity contribution in [3.05, 3.63) is 41.5 Å². The molecule has 0 bridgehead atoms. The molecule has 0 radical (unpaired) electrons. The van der Waals surface area contributed by atoms with Crippen LogP contribution in [0.1, 0.15) is 24.0 Å². The fourth-order valence-electron chi connectivity index (χ4n) is 2.39. The third kappa shape index (κ3) is 3.47. The van der Waals surface area contributed by atoms with Crippen molar-refractivity contribution in [2.75, 3.05) is 13.1 Å². The average molecular weight is 273 g/mol. The molecule has 4 heteroatoms. The van der Waals surface area contributed by atoms with Gasteiger partial charge in [0.2, 0.25) is 5.91 Å². The van der Waals surface area contributed by atoms with Crippen molar-refractivity contribution in [1.82, 2.24) is 4.90 Å². The Kier molecular flexibility index (Phi) is 4.56. The van der Waals surface area contributed by atoms with Gasteiger partial charge in [-0.3, -0.25) is 9.59 Å². The molecular formula is C16H19NO3. The van der Waals surface area contributed by atoms with E-state index in [1.807, 2.05) is 37.3 Å². The second-order valence-corrected chi connectivity index (χ2v) is 5.13. The van der Waals surface area contributed by atoms with Crippen molar-refractivity contribution in [2.45, 2.75) is 19.8 Å². The number of carboxylic acids is 1. The first-order valence-electron chi connectivity index (χ1n) is 6.83. The smallest absolute Gasteiger partial charge is 0.306 e. The van der Waals surface area contributed by atoms with Gasteiger partial charge in [0.25, 0.3) is 0 Å². The molecule has 1 N–H and O–H groups in total. The van der Waals surface area contributed by atoms with Gasteiger partial charge in [0.05, 0.1) is 5.92 Å². The largest absolute Gasteiger partial charge is 0.481 e. The highest BCUT2D eigenvalue weighted by atomic mass is 16.4. The lowest BCUT2D eigenvalue weighted by Crippen LogP contribution is -2.39. The topological polar surface area (TPSA) is 57.6 Å².